The van der Waals surface area contributed by atoms with Gasteiger partial charge in [0, 0.05) is 11.1 Å². The van der Waals surface area contributed by atoms with Crippen molar-refractivity contribution in [2.24, 2.45) is 4.99 Å². The number of fused-ring (bicyclic) bond motifs is 1. The van der Waals surface area contributed by atoms with Crippen LogP contribution in [0.2, 0.25) is 0 Å². The molecule has 0 bridgehead atoms. The summed E-state index contributed by atoms with van der Waals surface area (Å²) in [7, 11) is 1.54. The molecule has 0 saturated heterocycles. The van der Waals surface area contributed by atoms with Gasteiger partial charge in [-0.25, -0.2) is 0 Å². The van der Waals surface area contributed by atoms with E-state index in [1.165, 1.54) is 34.9 Å². The summed E-state index contributed by atoms with van der Waals surface area (Å²) in [5, 5.41) is 16.4. The monoisotopic (exact) mass is 459 g/mol. The maximum absolute atomic E-state index is 12.8. The van der Waals surface area contributed by atoms with Crippen molar-refractivity contribution in [2.45, 2.75) is 4.34 Å². The van der Waals surface area contributed by atoms with E-state index in [9.17, 15) is 9.59 Å². The second-order valence-electron chi connectivity index (χ2n) is 6.07. The van der Waals surface area contributed by atoms with Crippen LogP contribution in [-0.2, 0) is 4.79 Å². The predicted octanol–water partition coefficient (Wildman–Crippen LogP) is 3.26. The topological polar surface area (TPSA) is 106 Å². The highest BCUT2D eigenvalue weighted by Crippen LogP contribution is 2.31. The molecule has 0 aliphatic carbocycles. The normalized spacial score (nSPS) is 13.2. The molecule has 0 saturated carbocycles. The number of ether oxygens (including phenoxy) is 1. The van der Waals surface area contributed by atoms with E-state index in [1.54, 1.807) is 13.2 Å². The van der Waals surface area contributed by atoms with E-state index < -0.39 is 0 Å². The van der Waals surface area contributed by atoms with E-state index >= 15 is 0 Å². The Labute approximate surface area is 184 Å². The molecule has 0 spiro atoms. The molecule has 2 heterocycles. The molecule has 1 aromatic heterocycles. The number of anilines is 1. The number of aromatic nitrogens is 2. The summed E-state index contributed by atoms with van der Waals surface area (Å²) in [6, 6.07) is 11.3. The Bertz CT molecular complexity index is 1130. The number of carbonyl (C=O) groups is 2. The van der Waals surface area contributed by atoms with Crippen molar-refractivity contribution >= 4 is 67.7 Å². The van der Waals surface area contributed by atoms with Crippen LogP contribution in [0, 0.1) is 0 Å². The molecular formula is C19H17N5O3S3. The van der Waals surface area contributed by atoms with Gasteiger partial charge in [-0.15, -0.1) is 10.2 Å². The van der Waals surface area contributed by atoms with Crippen molar-refractivity contribution in [2.75, 3.05) is 30.5 Å². The quantitative estimate of drug-likeness (QED) is 0.430. The van der Waals surface area contributed by atoms with Gasteiger partial charge in [-0.2, -0.15) is 0 Å². The Hall–Kier alpha value is -2.63. The molecule has 11 heteroatoms. The van der Waals surface area contributed by atoms with Gasteiger partial charge in [0.05, 0.1) is 25.0 Å². The second kappa shape index (κ2) is 9.45. The number of hydrogen-bond acceptors (Lipinski definition) is 9. The van der Waals surface area contributed by atoms with E-state index in [2.05, 4.69) is 25.8 Å². The number of nitrogens with zero attached hydrogens (tertiary/aromatic N) is 3. The summed E-state index contributed by atoms with van der Waals surface area (Å²) in [5.74, 6) is 1.12. The highest BCUT2D eigenvalue weighted by molar-refractivity contribution is 8.14. The molecule has 3 aromatic rings. The molecule has 1 aliphatic rings. The van der Waals surface area contributed by atoms with Crippen LogP contribution in [0.15, 0.2) is 45.7 Å². The van der Waals surface area contributed by atoms with Crippen molar-refractivity contribution < 1.29 is 14.3 Å². The van der Waals surface area contributed by atoms with E-state index in [1.807, 2.05) is 30.3 Å². The fourth-order valence-corrected chi connectivity index (χ4v) is 5.11. The Morgan fingerprint density at radius 1 is 1.17 bits per heavy atom. The minimum Gasteiger partial charge on any atom is -0.495 e. The third-order valence-corrected chi connectivity index (χ3v) is 6.98. The summed E-state index contributed by atoms with van der Waals surface area (Å²) >= 11 is 4.00. The molecule has 0 unspecified atom stereocenters. The van der Waals surface area contributed by atoms with Gasteiger partial charge in [0.1, 0.15) is 5.75 Å². The Morgan fingerprint density at radius 3 is 2.83 bits per heavy atom. The first kappa shape index (κ1) is 20.6. The number of amidine groups is 1. The molecule has 2 N–H and O–H groups in total. The van der Waals surface area contributed by atoms with Crippen LogP contribution in [0.3, 0.4) is 0 Å². The standard InChI is InChI=1S/C19H17N5O3S3/c1-27-15-12-5-3-2-4-11(12)6-7-13(15)16(26)22-18-23-24-19(30-18)29-10-14(25)21-17-20-8-9-28-17/h2-7H,8-10H2,1H3,(H,20,21,25)(H,22,23,26). The summed E-state index contributed by atoms with van der Waals surface area (Å²) in [6.07, 6.45) is 0. The minimum atomic E-state index is -0.334. The van der Waals surface area contributed by atoms with Crippen LogP contribution in [0.4, 0.5) is 5.13 Å². The summed E-state index contributed by atoms with van der Waals surface area (Å²) in [6.45, 7) is 0.731. The maximum atomic E-state index is 12.8. The van der Waals surface area contributed by atoms with E-state index in [-0.39, 0.29) is 17.6 Å². The molecule has 0 atom stereocenters. The van der Waals surface area contributed by atoms with E-state index in [4.69, 9.17) is 4.74 Å². The van der Waals surface area contributed by atoms with Crippen LogP contribution in [0.5, 0.6) is 5.75 Å². The van der Waals surface area contributed by atoms with Crippen molar-refractivity contribution in [3.8, 4) is 5.75 Å². The average Bonchev–Trinajstić information content (AvgIpc) is 3.43. The summed E-state index contributed by atoms with van der Waals surface area (Å²) in [5.41, 5.74) is 0.412. The molecule has 8 nitrogen and oxygen atoms in total. The van der Waals surface area contributed by atoms with Crippen molar-refractivity contribution in [3.05, 3.63) is 42.0 Å². The Balaban J connectivity index is 1.39. The zero-order valence-electron chi connectivity index (χ0n) is 15.9. The van der Waals surface area contributed by atoms with Gasteiger partial charge in [-0.1, -0.05) is 65.2 Å². The second-order valence-corrected chi connectivity index (χ2v) is 9.35. The number of aliphatic imine (C=N–C) groups is 1. The van der Waals surface area contributed by atoms with Gasteiger partial charge in [-0.05, 0) is 11.5 Å². The average molecular weight is 460 g/mol. The van der Waals surface area contributed by atoms with Crippen LogP contribution >= 0.6 is 34.9 Å². The largest absolute Gasteiger partial charge is 0.495 e. The van der Waals surface area contributed by atoms with Gasteiger partial charge in [0.25, 0.3) is 5.91 Å². The third-order valence-electron chi connectivity index (χ3n) is 4.11. The molecule has 1 aliphatic heterocycles. The maximum Gasteiger partial charge on any atom is 0.261 e. The lowest BCUT2D eigenvalue weighted by atomic mass is 10.0. The fraction of sp³-hybridized carbons (Fsp3) is 0.211. The zero-order valence-corrected chi connectivity index (χ0v) is 18.3. The van der Waals surface area contributed by atoms with E-state index in [0.29, 0.717) is 26.0 Å². The number of benzene rings is 2. The first-order chi connectivity index (χ1) is 14.6. The molecule has 2 aromatic carbocycles. The van der Waals surface area contributed by atoms with E-state index in [0.717, 1.165) is 23.1 Å². The molecule has 30 heavy (non-hydrogen) atoms. The highest BCUT2D eigenvalue weighted by Gasteiger charge is 2.18. The lowest BCUT2D eigenvalue weighted by Gasteiger charge is -2.11. The van der Waals surface area contributed by atoms with Gasteiger partial charge >= 0.3 is 0 Å². The Morgan fingerprint density at radius 2 is 2.03 bits per heavy atom. The smallest absolute Gasteiger partial charge is 0.261 e. The number of rotatable bonds is 6. The minimum absolute atomic E-state index is 0.144. The molecule has 0 radical (unpaired) electrons. The van der Waals surface area contributed by atoms with Gasteiger partial charge in [-0.3, -0.25) is 19.9 Å². The van der Waals surface area contributed by atoms with Gasteiger partial charge in [0.2, 0.25) is 11.0 Å². The molecule has 0 fully saturated rings. The van der Waals surface area contributed by atoms with Crippen molar-refractivity contribution in [1.29, 1.82) is 0 Å². The first-order valence-corrected chi connectivity index (χ1v) is 11.7. The first-order valence-electron chi connectivity index (χ1n) is 8.94. The summed E-state index contributed by atoms with van der Waals surface area (Å²) in [4.78, 5) is 28.9. The number of nitrogens with one attached hydrogen (secondary N) is 2. The number of carbonyl (C=O) groups excluding carboxylic acids is 2. The van der Waals surface area contributed by atoms with Crippen LogP contribution in [0.25, 0.3) is 10.8 Å². The molecule has 4 rings (SSSR count). The highest BCUT2D eigenvalue weighted by atomic mass is 32.2. The zero-order chi connectivity index (χ0) is 20.9. The molecule has 2 amide bonds. The third kappa shape index (κ3) is 4.74. The summed E-state index contributed by atoms with van der Waals surface area (Å²) < 4.78 is 6.08. The lowest BCUT2D eigenvalue weighted by Crippen LogP contribution is -2.28. The SMILES string of the molecule is COc1c(C(=O)Nc2nnc(SCC(=O)NC3=NCCS3)s2)ccc2ccccc12. The van der Waals surface area contributed by atoms with Crippen LogP contribution in [-0.4, -0.2) is 52.3 Å². The van der Waals surface area contributed by atoms with Crippen LogP contribution < -0.4 is 15.4 Å². The molecule has 154 valence electrons. The van der Waals surface area contributed by atoms with Crippen molar-refractivity contribution in [1.82, 2.24) is 15.5 Å². The number of hydrogen-bond donors (Lipinski definition) is 2. The van der Waals surface area contributed by atoms with Crippen LogP contribution in [0.1, 0.15) is 10.4 Å². The van der Waals surface area contributed by atoms with Gasteiger partial charge in [0.15, 0.2) is 9.51 Å². The lowest BCUT2D eigenvalue weighted by molar-refractivity contribution is -0.117. The predicted molar refractivity (Wildman–Crippen MR) is 122 cm³/mol. The number of methoxy groups -OCH3 is 1. The van der Waals surface area contributed by atoms with Crippen molar-refractivity contribution in [3.63, 3.8) is 0 Å². The number of amides is 2. The Kier molecular flexibility index (Phi) is 6.50. The van der Waals surface area contributed by atoms with Gasteiger partial charge < -0.3 is 10.1 Å². The fourth-order valence-electron chi connectivity index (χ4n) is 2.82. The molecular weight excluding hydrogens is 442 g/mol. The number of thioether (sulfide) groups is 2.